The maximum Gasteiger partial charge on any atom is 0.408 e. The average molecular weight is 455 g/mol. The summed E-state index contributed by atoms with van der Waals surface area (Å²) in [5.41, 5.74) is 1.02. The first-order chi connectivity index (χ1) is 15.5. The number of ether oxygens (including phenoxy) is 2. The molecule has 7 nitrogen and oxygen atoms in total. The predicted octanol–water partition coefficient (Wildman–Crippen LogP) is 4.01. The van der Waals surface area contributed by atoms with Gasteiger partial charge in [0, 0.05) is 6.42 Å². The molecule has 0 saturated heterocycles. The SMILES string of the molecule is CC(C)[C@H](NC(=O)OCc1ccccc1)C(=O)N[C@@H](Cc1ccccc1)C(=O)OC(C)(C)C. The first kappa shape index (κ1) is 25.9. The molecule has 2 aromatic rings. The maximum atomic E-state index is 13.1. The summed E-state index contributed by atoms with van der Waals surface area (Å²) >= 11 is 0. The first-order valence-electron chi connectivity index (χ1n) is 11.1. The molecule has 0 fully saturated rings. The monoisotopic (exact) mass is 454 g/mol. The maximum absolute atomic E-state index is 13.1. The Hall–Kier alpha value is -3.35. The second kappa shape index (κ2) is 12.0. The number of benzene rings is 2. The third-order valence-electron chi connectivity index (χ3n) is 4.73. The number of carbonyl (C=O) groups excluding carboxylic acids is 3. The Labute approximate surface area is 195 Å². The lowest BCUT2D eigenvalue weighted by atomic mass is 10.0. The van der Waals surface area contributed by atoms with Crippen LogP contribution in [0.5, 0.6) is 0 Å². The summed E-state index contributed by atoms with van der Waals surface area (Å²) in [6.07, 6.45) is -0.435. The van der Waals surface area contributed by atoms with Crippen LogP contribution in [0.2, 0.25) is 0 Å². The van der Waals surface area contributed by atoms with Crippen LogP contribution >= 0.6 is 0 Å². The van der Waals surface area contributed by atoms with Crippen molar-refractivity contribution in [3.8, 4) is 0 Å². The fourth-order valence-corrected chi connectivity index (χ4v) is 3.10. The predicted molar refractivity (Wildman–Crippen MR) is 126 cm³/mol. The molecule has 0 aromatic heterocycles. The molecule has 2 N–H and O–H groups in total. The summed E-state index contributed by atoms with van der Waals surface area (Å²) in [5.74, 6) is -1.24. The molecule has 0 heterocycles. The van der Waals surface area contributed by atoms with E-state index in [-0.39, 0.29) is 18.9 Å². The third kappa shape index (κ3) is 9.35. The van der Waals surface area contributed by atoms with Crippen molar-refractivity contribution in [1.82, 2.24) is 10.6 Å². The van der Waals surface area contributed by atoms with Crippen molar-refractivity contribution >= 4 is 18.0 Å². The van der Waals surface area contributed by atoms with Gasteiger partial charge in [-0.05, 0) is 37.8 Å². The molecule has 0 aliphatic rings. The molecule has 2 aromatic carbocycles. The minimum atomic E-state index is -0.900. The highest BCUT2D eigenvalue weighted by Gasteiger charge is 2.31. The van der Waals surface area contributed by atoms with Crippen LogP contribution in [-0.4, -0.2) is 35.7 Å². The molecule has 33 heavy (non-hydrogen) atoms. The van der Waals surface area contributed by atoms with E-state index >= 15 is 0 Å². The smallest absolute Gasteiger partial charge is 0.408 e. The van der Waals surface area contributed by atoms with Crippen LogP contribution in [0.25, 0.3) is 0 Å². The van der Waals surface area contributed by atoms with Crippen molar-refractivity contribution in [3.63, 3.8) is 0 Å². The van der Waals surface area contributed by atoms with Crippen molar-refractivity contribution < 1.29 is 23.9 Å². The van der Waals surface area contributed by atoms with Gasteiger partial charge in [0.2, 0.25) is 5.91 Å². The summed E-state index contributed by atoms with van der Waals surface area (Å²) in [7, 11) is 0. The molecular weight excluding hydrogens is 420 g/mol. The molecule has 7 heteroatoms. The highest BCUT2D eigenvalue weighted by Crippen LogP contribution is 2.13. The minimum Gasteiger partial charge on any atom is -0.458 e. The molecule has 0 radical (unpaired) electrons. The van der Waals surface area contributed by atoms with Gasteiger partial charge in [0.05, 0.1) is 0 Å². The molecule has 178 valence electrons. The van der Waals surface area contributed by atoms with Gasteiger partial charge in [-0.15, -0.1) is 0 Å². The molecule has 0 aliphatic heterocycles. The molecule has 2 amide bonds. The number of nitrogens with one attached hydrogen (secondary N) is 2. The van der Waals surface area contributed by atoms with Gasteiger partial charge < -0.3 is 20.1 Å². The summed E-state index contributed by atoms with van der Waals surface area (Å²) in [6, 6.07) is 16.8. The van der Waals surface area contributed by atoms with Crippen LogP contribution in [-0.2, 0) is 32.1 Å². The highest BCUT2D eigenvalue weighted by atomic mass is 16.6. The highest BCUT2D eigenvalue weighted by molar-refractivity contribution is 5.90. The normalized spacial score (nSPS) is 13.0. The Balaban J connectivity index is 2.07. The Morgan fingerprint density at radius 1 is 0.848 bits per heavy atom. The second-order valence-electron chi connectivity index (χ2n) is 9.21. The molecule has 0 unspecified atom stereocenters. The zero-order valence-corrected chi connectivity index (χ0v) is 20.0. The average Bonchev–Trinajstić information content (AvgIpc) is 2.75. The number of hydrogen-bond donors (Lipinski definition) is 2. The van der Waals surface area contributed by atoms with Crippen molar-refractivity contribution in [3.05, 3.63) is 71.8 Å². The topological polar surface area (TPSA) is 93.7 Å². The van der Waals surface area contributed by atoms with Gasteiger partial charge in [-0.25, -0.2) is 9.59 Å². The lowest BCUT2D eigenvalue weighted by molar-refractivity contribution is -0.158. The summed E-state index contributed by atoms with van der Waals surface area (Å²) < 4.78 is 10.8. The molecule has 0 aliphatic carbocycles. The third-order valence-corrected chi connectivity index (χ3v) is 4.73. The van der Waals surface area contributed by atoms with Crippen molar-refractivity contribution in [2.45, 2.75) is 65.3 Å². The van der Waals surface area contributed by atoms with E-state index in [0.717, 1.165) is 11.1 Å². The number of alkyl carbamates (subject to hydrolysis) is 1. The van der Waals surface area contributed by atoms with E-state index in [1.165, 1.54) is 0 Å². The van der Waals surface area contributed by atoms with Crippen LogP contribution in [0.3, 0.4) is 0 Å². The van der Waals surface area contributed by atoms with Gasteiger partial charge in [-0.1, -0.05) is 74.5 Å². The van der Waals surface area contributed by atoms with E-state index in [4.69, 9.17) is 9.47 Å². The standard InChI is InChI=1S/C26H34N2O5/c1-18(2)22(28-25(31)32-17-20-14-10-7-11-15-20)23(29)27-21(24(30)33-26(3,4)5)16-19-12-8-6-9-13-19/h6-15,18,21-22H,16-17H2,1-5H3,(H,27,29)(H,28,31)/t21-,22-/m0/s1. The Kier molecular flexibility index (Phi) is 9.45. The Bertz CT molecular complexity index is 907. The van der Waals surface area contributed by atoms with Gasteiger partial charge in [0.15, 0.2) is 0 Å². The van der Waals surface area contributed by atoms with Crippen molar-refractivity contribution in [1.29, 1.82) is 0 Å². The molecule has 2 atom stereocenters. The van der Waals surface area contributed by atoms with E-state index in [9.17, 15) is 14.4 Å². The fraction of sp³-hybridized carbons (Fsp3) is 0.423. The molecule has 0 bridgehead atoms. The number of hydrogen-bond acceptors (Lipinski definition) is 5. The number of carbonyl (C=O) groups is 3. The summed E-state index contributed by atoms with van der Waals surface area (Å²) in [4.78, 5) is 38.2. The van der Waals surface area contributed by atoms with Crippen molar-refractivity contribution in [2.24, 2.45) is 5.92 Å². The zero-order chi connectivity index (χ0) is 24.4. The van der Waals surface area contributed by atoms with E-state index in [1.807, 2.05) is 60.7 Å². The number of amides is 2. The summed E-state index contributed by atoms with van der Waals surface area (Å²) in [6.45, 7) is 9.02. The van der Waals surface area contributed by atoms with Crippen LogP contribution < -0.4 is 10.6 Å². The van der Waals surface area contributed by atoms with E-state index in [1.54, 1.807) is 34.6 Å². The number of rotatable bonds is 9. The minimum absolute atomic E-state index is 0.0909. The van der Waals surface area contributed by atoms with E-state index in [0.29, 0.717) is 0 Å². The van der Waals surface area contributed by atoms with Crippen molar-refractivity contribution in [2.75, 3.05) is 0 Å². The lowest BCUT2D eigenvalue weighted by Gasteiger charge is -2.27. The molecule has 2 rings (SSSR count). The quantitative estimate of drug-likeness (QED) is 0.559. The van der Waals surface area contributed by atoms with Crippen LogP contribution in [0.1, 0.15) is 45.7 Å². The van der Waals surface area contributed by atoms with Gasteiger partial charge in [-0.3, -0.25) is 4.79 Å². The largest absolute Gasteiger partial charge is 0.458 e. The zero-order valence-electron chi connectivity index (χ0n) is 20.0. The lowest BCUT2D eigenvalue weighted by Crippen LogP contribution is -2.55. The first-order valence-corrected chi connectivity index (χ1v) is 11.1. The second-order valence-corrected chi connectivity index (χ2v) is 9.21. The van der Waals surface area contributed by atoms with Crippen LogP contribution in [0.4, 0.5) is 4.79 Å². The Morgan fingerprint density at radius 2 is 1.39 bits per heavy atom. The molecule has 0 spiro atoms. The van der Waals surface area contributed by atoms with Gasteiger partial charge in [0.1, 0.15) is 24.3 Å². The van der Waals surface area contributed by atoms with Gasteiger partial charge in [0.25, 0.3) is 0 Å². The fourth-order valence-electron chi connectivity index (χ4n) is 3.10. The number of esters is 1. The van der Waals surface area contributed by atoms with Crippen LogP contribution in [0, 0.1) is 5.92 Å². The molecular formula is C26H34N2O5. The summed E-state index contributed by atoms with van der Waals surface area (Å²) in [5, 5.41) is 5.38. The Morgan fingerprint density at radius 3 is 1.91 bits per heavy atom. The van der Waals surface area contributed by atoms with Gasteiger partial charge in [-0.2, -0.15) is 0 Å². The van der Waals surface area contributed by atoms with Crippen LogP contribution in [0.15, 0.2) is 60.7 Å². The van der Waals surface area contributed by atoms with E-state index < -0.39 is 35.7 Å². The van der Waals surface area contributed by atoms with E-state index in [2.05, 4.69) is 10.6 Å². The molecule has 0 saturated carbocycles. The van der Waals surface area contributed by atoms with Gasteiger partial charge >= 0.3 is 12.1 Å².